The van der Waals surface area contributed by atoms with Crippen LogP contribution in [0.25, 0.3) is 0 Å². The van der Waals surface area contributed by atoms with Crippen LogP contribution in [-0.2, 0) is 6.42 Å². The molecule has 5 heteroatoms. The van der Waals surface area contributed by atoms with Crippen LogP contribution in [0.2, 0.25) is 0 Å². The third kappa shape index (κ3) is 4.45. The molecular weight excluding hydrogens is 324 g/mol. The van der Waals surface area contributed by atoms with E-state index in [-0.39, 0.29) is 5.78 Å². The number of hydrogen-bond donors (Lipinski definition) is 2. The highest BCUT2D eigenvalue weighted by molar-refractivity contribution is 5.95. The van der Waals surface area contributed by atoms with Crippen LogP contribution in [0.5, 0.6) is 0 Å². The van der Waals surface area contributed by atoms with Gasteiger partial charge >= 0.3 is 0 Å². The van der Waals surface area contributed by atoms with Gasteiger partial charge in [0.05, 0.1) is 0 Å². The molecule has 1 aromatic heterocycles. The molecular formula is C21H22N4O. The average Bonchev–Trinajstić information content (AvgIpc) is 2.62. The van der Waals surface area contributed by atoms with Gasteiger partial charge in [-0.25, -0.2) is 4.98 Å². The first-order valence-corrected chi connectivity index (χ1v) is 8.63. The van der Waals surface area contributed by atoms with E-state index in [9.17, 15) is 4.79 Å². The molecule has 0 aliphatic rings. The molecule has 0 radical (unpaired) electrons. The van der Waals surface area contributed by atoms with E-state index < -0.39 is 0 Å². The second-order valence-electron chi connectivity index (χ2n) is 6.16. The standard InChI is InChI=1S/C21H22N4O/c1-4-16-8-10-18(11-9-16)23-20-12-14(2)22-21(25-20)24-19-7-5-6-17(13-19)15(3)26/h5-13H,4H2,1-3H3,(H2,22,23,24,25). The van der Waals surface area contributed by atoms with Crippen molar-refractivity contribution in [1.82, 2.24) is 9.97 Å². The third-order valence-electron chi connectivity index (χ3n) is 4.01. The van der Waals surface area contributed by atoms with Crippen molar-refractivity contribution in [3.8, 4) is 0 Å². The number of ketones is 1. The van der Waals surface area contributed by atoms with E-state index in [4.69, 9.17) is 0 Å². The van der Waals surface area contributed by atoms with Crippen LogP contribution in [0.15, 0.2) is 54.6 Å². The number of nitrogens with zero attached hydrogens (tertiary/aromatic N) is 2. The van der Waals surface area contributed by atoms with Gasteiger partial charge in [0.25, 0.3) is 0 Å². The van der Waals surface area contributed by atoms with Gasteiger partial charge in [0.2, 0.25) is 5.95 Å². The third-order valence-corrected chi connectivity index (χ3v) is 4.01. The zero-order valence-electron chi connectivity index (χ0n) is 15.2. The molecule has 3 rings (SSSR count). The molecule has 1 heterocycles. The smallest absolute Gasteiger partial charge is 0.229 e. The van der Waals surface area contributed by atoms with Crippen molar-refractivity contribution >= 4 is 28.9 Å². The van der Waals surface area contributed by atoms with E-state index in [1.165, 1.54) is 5.56 Å². The molecule has 0 saturated heterocycles. The van der Waals surface area contributed by atoms with Crippen molar-refractivity contribution in [2.45, 2.75) is 27.2 Å². The number of Topliss-reactive ketones (excluding diaryl/α,β-unsaturated/α-hetero) is 1. The molecule has 2 N–H and O–H groups in total. The van der Waals surface area contributed by atoms with Gasteiger partial charge in [0.15, 0.2) is 5.78 Å². The summed E-state index contributed by atoms with van der Waals surface area (Å²) in [5.41, 5.74) is 4.54. The largest absolute Gasteiger partial charge is 0.340 e. The minimum atomic E-state index is 0.0247. The van der Waals surface area contributed by atoms with Gasteiger partial charge in [0, 0.05) is 28.7 Å². The van der Waals surface area contributed by atoms with Crippen molar-refractivity contribution in [3.05, 3.63) is 71.4 Å². The summed E-state index contributed by atoms with van der Waals surface area (Å²) in [5, 5.41) is 6.48. The molecule has 2 aromatic carbocycles. The maximum absolute atomic E-state index is 11.5. The van der Waals surface area contributed by atoms with Gasteiger partial charge < -0.3 is 10.6 Å². The van der Waals surface area contributed by atoms with Crippen LogP contribution in [-0.4, -0.2) is 15.8 Å². The predicted molar refractivity (Wildman–Crippen MR) is 106 cm³/mol. The van der Waals surface area contributed by atoms with Gasteiger partial charge in [-0.05, 0) is 50.1 Å². The average molecular weight is 346 g/mol. The second kappa shape index (κ2) is 7.78. The Morgan fingerprint density at radius 2 is 1.73 bits per heavy atom. The summed E-state index contributed by atoms with van der Waals surface area (Å²) >= 11 is 0. The number of carbonyl (C=O) groups excluding carboxylic acids is 1. The van der Waals surface area contributed by atoms with Crippen LogP contribution in [0.3, 0.4) is 0 Å². The molecule has 0 saturated carbocycles. The van der Waals surface area contributed by atoms with E-state index in [0.29, 0.717) is 17.3 Å². The van der Waals surface area contributed by atoms with Gasteiger partial charge in [0.1, 0.15) is 5.82 Å². The zero-order valence-corrected chi connectivity index (χ0v) is 15.2. The zero-order chi connectivity index (χ0) is 18.5. The first-order chi connectivity index (χ1) is 12.5. The quantitative estimate of drug-likeness (QED) is 0.612. The van der Waals surface area contributed by atoms with E-state index >= 15 is 0 Å². The molecule has 0 aliphatic heterocycles. The fraction of sp³-hybridized carbons (Fsp3) is 0.190. The second-order valence-corrected chi connectivity index (χ2v) is 6.16. The highest BCUT2D eigenvalue weighted by atomic mass is 16.1. The fourth-order valence-electron chi connectivity index (χ4n) is 2.61. The summed E-state index contributed by atoms with van der Waals surface area (Å²) in [7, 11) is 0. The Bertz CT molecular complexity index is 920. The Morgan fingerprint density at radius 1 is 0.962 bits per heavy atom. The van der Waals surface area contributed by atoms with Crippen LogP contribution in [0.4, 0.5) is 23.1 Å². The van der Waals surface area contributed by atoms with Crippen LogP contribution in [0, 0.1) is 6.92 Å². The molecule has 0 amide bonds. The lowest BCUT2D eigenvalue weighted by Crippen LogP contribution is -2.03. The van der Waals surface area contributed by atoms with Gasteiger partial charge in [-0.2, -0.15) is 4.98 Å². The predicted octanol–water partition coefficient (Wildman–Crippen LogP) is 5.04. The topological polar surface area (TPSA) is 66.9 Å². The fourth-order valence-corrected chi connectivity index (χ4v) is 2.61. The normalized spacial score (nSPS) is 10.4. The molecule has 0 aliphatic carbocycles. The molecule has 0 atom stereocenters. The minimum Gasteiger partial charge on any atom is -0.340 e. The summed E-state index contributed by atoms with van der Waals surface area (Å²) in [6, 6.07) is 17.5. The van der Waals surface area contributed by atoms with Crippen LogP contribution < -0.4 is 10.6 Å². The maximum atomic E-state index is 11.5. The lowest BCUT2D eigenvalue weighted by Gasteiger charge is -2.11. The van der Waals surface area contributed by atoms with E-state index in [1.807, 2.05) is 37.3 Å². The van der Waals surface area contributed by atoms with E-state index in [0.717, 1.165) is 23.5 Å². The molecule has 0 unspecified atom stereocenters. The summed E-state index contributed by atoms with van der Waals surface area (Å²) in [4.78, 5) is 20.5. The van der Waals surface area contributed by atoms with E-state index in [1.54, 1.807) is 19.1 Å². The Kier molecular flexibility index (Phi) is 5.27. The Morgan fingerprint density at radius 3 is 2.42 bits per heavy atom. The number of hydrogen-bond acceptors (Lipinski definition) is 5. The van der Waals surface area contributed by atoms with Crippen molar-refractivity contribution in [2.75, 3.05) is 10.6 Å². The Hall–Kier alpha value is -3.21. The molecule has 5 nitrogen and oxygen atoms in total. The molecule has 0 fully saturated rings. The summed E-state index contributed by atoms with van der Waals surface area (Å²) < 4.78 is 0. The van der Waals surface area contributed by atoms with Gasteiger partial charge in [-0.1, -0.05) is 31.2 Å². The van der Waals surface area contributed by atoms with Gasteiger partial charge in [-0.3, -0.25) is 4.79 Å². The Balaban J connectivity index is 1.80. The van der Waals surface area contributed by atoms with Crippen molar-refractivity contribution < 1.29 is 4.79 Å². The molecule has 0 bridgehead atoms. The minimum absolute atomic E-state index is 0.0247. The Labute approximate surface area is 153 Å². The van der Waals surface area contributed by atoms with Gasteiger partial charge in [-0.15, -0.1) is 0 Å². The summed E-state index contributed by atoms with van der Waals surface area (Å²) in [5.74, 6) is 1.22. The first-order valence-electron chi connectivity index (χ1n) is 8.63. The number of aryl methyl sites for hydroxylation is 2. The monoisotopic (exact) mass is 346 g/mol. The SMILES string of the molecule is CCc1ccc(Nc2cc(C)nc(Nc3cccc(C(C)=O)c3)n2)cc1. The molecule has 26 heavy (non-hydrogen) atoms. The molecule has 0 spiro atoms. The summed E-state index contributed by atoms with van der Waals surface area (Å²) in [6.07, 6.45) is 1.01. The highest BCUT2D eigenvalue weighted by Crippen LogP contribution is 2.20. The van der Waals surface area contributed by atoms with Crippen molar-refractivity contribution in [3.63, 3.8) is 0 Å². The van der Waals surface area contributed by atoms with Crippen LogP contribution >= 0.6 is 0 Å². The van der Waals surface area contributed by atoms with Crippen molar-refractivity contribution in [2.24, 2.45) is 0 Å². The molecule has 132 valence electrons. The van der Waals surface area contributed by atoms with Crippen molar-refractivity contribution in [1.29, 1.82) is 0 Å². The number of carbonyl (C=O) groups is 1. The number of benzene rings is 2. The first kappa shape index (κ1) is 17.6. The number of aromatic nitrogens is 2. The number of anilines is 4. The van der Waals surface area contributed by atoms with E-state index in [2.05, 4.69) is 39.7 Å². The van der Waals surface area contributed by atoms with Crippen LogP contribution in [0.1, 0.15) is 35.5 Å². The lowest BCUT2D eigenvalue weighted by atomic mass is 10.1. The lowest BCUT2D eigenvalue weighted by molar-refractivity contribution is 0.101. The molecule has 3 aromatic rings. The number of nitrogens with one attached hydrogen (secondary N) is 2. The summed E-state index contributed by atoms with van der Waals surface area (Å²) in [6.45, 7) is 5.60. The maximum Gasteiger partial charge on any atom is 0.229 e. The number of rotatable bonds is 6. The highest BCUT2D eigenvalue weighted by Gasteiger charge is 2.06.